The van der Waals surface area contributed by atoms with Crippen molar-refractivity contribution in [2.75, 3.05) is 19.6 Å². The van der Waals surface area contributed by atoms with Crippen LogP contribution in [0.15, 0.2) is 18.7 Å². The lowest BCUT2D eigenvalue weighted by atomic mass is 10.1. The van der Waals surface area contributed by atoms with Crippen LogP contribution in [0.25, 0.3) is 0 Å². The first-order chi connectivity index (χ1) is 6.38. The topological polar surface area (TPSA) is 41.9 Å². The summed E-state index contributed by atoms with van der Waals surface area (Å²) in [5, 5.41) is 6.88. The molecule has 2 heterocycles. The van der Waals surface area contributed by atoms with Crippen molar-refractivity contribution < 1.29 is 0 Å². The van der Waals surface area contributed by atoms with Gasteiger partial charge in [0.25, 0.3) is 0 Å². The van der Waals surface area contributed by atoms with Gasteiger partial charge in [-0.2, -0.15) is 0 Å². The van der Waals surface area contributed by atoms with Crippen molar-refractivity contribution in [3.63, 3.8) is 0 Å². The van der Waals surface area contributed by atoms with Crippen LogP contribution in [0.2, 0.25) is 0 Å². The molecule has 2 atom stereocenters. The maximum Gasteiger partial charge on any atom is 0.0948 e. The zero-order valence-electron chi connectivity index (χ0n) is 7.90. The second kappa shape index (κ2) is 3.89. The molecule has 0 spiro atoms. The Morgan fingerprint density at radius 2 is 2.46 bits per heavy atom. The van der Waals surface area contributed by atoms with Crippen molar-refractivity contribution in [3.05, 3.63) is 18.7 Å². The van der Waals surface area contributed by atoms with Crippen LogP contribution in [-0.2, 0) is 0 Å². The number of nitrogens with zero attached hydrogens (tertiary/aromatic N) is 2. The fraction of sp³-hybridized carbons (Fsp3) is 0.667. The minimum atomic E-state index is 0.468. The van der Waals surface area contributed by atoms with Gasteiger partial charge < -0.3 is 15.2 Å². The Bertz CT molecular complexity index is 238. The molecule has 0 aromatic carbocycles. The van der Waals surface area contributed by atoms with E-state index in [-0.39, 0.29) is 0 Å². The summed E-state index contributed by atoms with van der Waals surface area (Å²) in [6.45, 7) is 5.39. The number of hydrogen-bond donors (Lipinski definition) is 2. The Morgan fingerprint density at radius 3 is 3.08 bits per heavy atom. The van der Waals surface area contributed by atoms with Crippen LogP contribution < -0.4 is 10.6 Å². The van der Waals surface area contributed by atoms with Crippen molar-refractivity contribution in [2.24, 2.45) is 0 Å². The highest BCUT2D eigenvalue weighted by Gasteiger charge is 2.19. The number of nitrogens with one attached hydrogen (secondary N) is 2. The summed E-state index contributed by atoms with van der Waals surface area (Å²) in [6.07, 6.45) is 5.72. The summed E-state index contributed by atoms with van der Waals surface area (Å²) in [5.74, 6) is 0. The van der Waals surface area contributed by atoms with E-state index in [1.807, 2.05) is 18.7 Å². The monoisotopic (exact) mass is 180 g/mol. The third-order valence-corrected chi connectivity index (χ3v) is 2.65. The van der Waals surface area contributed by atoms with Gasteiger partial charge in [0, 0.05) is 44.1 Å². The average Bonchev–Trinajstić information content (AvgIpc) is 2.71. The summed E-state index contributed by atoms with van der Waals surface area (Å²) in [5.41, 5.74) is 0. The summed E-state index contributed by atoms with van der Waals surface area (Å²) < 4.78 is 2.14. The van der Waals surface area contributed by atoms with Crippen LogP contribution in [0.4, 0.5) is 0 Å². The molecule has 0 bridgehead atoms. The molecule has 0 amide bonds. The van der Waals surface area contributed by atoms with Crippen LogP contribution in [0.1, 0.15) is 13.0 Å². The molecule has 13 heavy (non-hydrogen) atoms. The van der Waals surface area contributed by atoms with Gasteiger partial charge in [-0.1, -0.05) is 0 Å². The predicted molar refractivity (Wildman–Crippen MR) is 51.6 cm³/mol. The van der Waals surface area contributed by atoms with E-state index in [0.29, 0.717) is 12.1 Å². The van der Waals surface area contributed by atoms with Gasteiger partial charge in [-0.25, -0.2) is 4.98 Å². The van der Waals surface area contributed by atoms with E-state index in [1.165, 1.54) is 0 Å². The van der Waals surface area contributed by atoms with E-state index in [1.54, 1.807) is 0 Å². The highest BCUT2D eigenvalue weighted by molar-refractivity contribution is 4.88. The van der Waals surface area contributed by atoms with Crippen molar-refractivity contribution in [3.8, 4) is 0 Å². The van der Waals surface area contributed by atoms with Gasteiger partial charge in [0.1, 0.15) is 0 Å². The third kappa shape index (κ3) is 1.89. The van der Waals surface area contributed by atoms with E-state index in [0.717, 1.165) is 19.6 Å². The first kappa shape index (κ1) is 8.72. The van der Waals surface area contributed by atoms with Gasteiger partial charge in [0.15, 0.2) is 0 Å². The van der Waals surface area contributed by atoms with Crippen LogP contribution >= 0.6 is 0 Å². The smallest absolute Gasteiger partial charge is 0.0948 e. The molecule has 72 valence electrons. The van der Waals surface area contributed by atoms with E-state index < -0.39 is 0 Å². The van der Waals surface area contributed by atoms with Crippen LogP contribution in [-0.4, -0.2) is 35.2 Å². The lowest BCUT2D eigenvalue weighted by Crippen LogP contribution is -2.51. The number of piperazine rings is 1. The van der Waals surface area contributed by atoms with Crippen LogP contribution in [0, 0.1) is 0 Å². The lowest BCUT2D eigenvalue weighted by Gasteiger charge is -2.30. The summed E-state index contributed by atoms with van der Waals surface area (Å²) >= 11 is 0. The van der Waals surface area contributed by atoms with Gasteiger partial charge in [0.05, 0.1) is 6.33 Å². The molecule has 1 aromatic rings. The zero-order valence-corrected chi connectivity index (χ0v) is 7.90. The highest BCUT2D eigenvalue weighted by Crippen LogP contribution is 2.10. The fourth-order valence-electron chi connectivity index (χ4n) is 1.73. The number of rotatable bonds is 2. The van der Waals surface area contributed by atoms with Gasteiger partial charge in [-0.05, 0) is 6.92 Å². The molecule has 1 aromatic heterocycles. The quantitative estimate of drug-likeness (QED) is 0.673. The molecule has 1 aliphatic heterocycles. The largest absolute Gasteiger partial charge is 0.333 e. The van der Waals surface area contributed by atoms with Crippen molar-refractivity contribution in [1.82, 2.24) is 20.2 Å². The molecule has 1 saturated heterocycles. The summed E-state index contributed by atoms with van der Waals surface area (Å²) in [6, 6.07) is 0.984. The molecule has 1 fully saturated rings. The second-order valence-electron chi connectivity index (χ2n) is 3.52. The lowest BCUT2D eigenvalue weighted by molar-refractivity contribution is 0.323. The molecule has 2 N–H and O–H groups in total. The van der Waals surface area contributed by atoms with Gasteiger partial charge >= 0.3 is 0 Å². The molecule has 2 rings (SSSR count). The van der Waals surface area contributed by atoms with Gasteiger partial charge in [0.2, 0.25) is 0 Å². The van der Waals surface area contributed by atoms with E-state index >= 15 is 0 Å². The summed E-state index contributed by atoms with van der Waals surface area (Å²) in [7, 11) is 0. The van der Waals surface area contributed by atoms with Crippen molar-refractivity contribution >= 4 is 0 Å². The van der Waals surface area contributed by atoms with Crippen molar-refractivity contribution in [2.45, 2.75) is 19.0 Å². The molecular weight excluding hydrogens is 164 g/mol. The van der Waals surface area contributed by atoms with Gasteiger partial charge in [-0.3, -0.25) is 0 Å². The second-order valence-corrected chi connectivity index (χ2v) is 3.52. The molecule has 0 saturated carbocycles. The Morgan fingerprint density at radius 1 is 1.54 bits per heavy atom. The standard InChI is InChI=1S/C9H16N4/c1-8(13-5-4-11-7-13)9-6-10-2-3-12-9/h4-5,7-10,12H,2-3,6H2,1H3. The minimum Gasteiger partial charge on any atom is -0.333 e. The zero-order chi connectivity index (χ0) is 9.10. The van der Waals surface area contributed by atoms with Crippen molar-refractivity contribution in [1.29, 1.82) is 0 Å². The maximum atomic E-state index is 4.05. The number of hydrogen-bond acceptors (Lipinski definition) is 3. The number of aromatic nitrogens is 2. The molecule has 4 nitrogen and oxygen atoms in total. The molecule has 4 heteroatoms. The minimum absolute atomic E-state index is 0.468. The Labute approximate surface area is 78.4 Å². The van der Waals surface area contributed by atoms with Crippen LogP contribution in [0.5, 0.6) is 0 Å². The Balaban J connectivity index is 1.99. The van der Waals surface area contributed by atoms with E-state index in [2.05, 4.69) is 27.1 Å². The maximum absolute atomic E-state index is 4.05. The molecule has 1 aliphatic rings. The van der Waals surface area contributed by atoms with Gasteiger partial charge in [-0.15, -0.1) is 0 Å². The molecule has 2 unspecified atom stereocenters. The molecular formula is C9H16N4. The normalized spacial score (nSPS) is 25.8. The fourth-order valence-corrected chi connectivity index (χ4v) is 1.73. The predicted octanol–water partition coefficient (Wildman–Crippen LogP) is 0.00550. The highest BCUT2D eigenvalue weighted by atomic mass is 15.1. The van der Waals surface area contributed by atoms with E-state index in [4.69, 9.17) is 0 Å². The van der Waals surface area contributed by atoms with Crippen LogP contribution in [0.3, 0.4) is 0 Å². The number of imidazole rings is 1. The summed E-state index contributed by atoms with van der Waals surface area (Å²) in [4.78, 5) is 4.05. The Kier molecular flexibility index (Phi) is 2.61. The SMILES string of the molecule is CC(C1CNCCN1)n1ccnc1. The molecule has 0 radical (unpaired) electrons. The first-order valence-corrected chi connectivity index (χ1v) is 4.79. The van der Waals surface area contributed by atoms with E-state index in [9.17, 15) is 0 Å². The first-order valence-electron chi connectivity index (χ1n) is 4.79. The third-order valence-electron chi connectivity index (χ3n) is 2.65. The Hall–Kier alpha value is -0.870. The molecule has 0 aliphatic carbocycles. The average molecular weight is 180 g/mol.